The van der Waals surface area contributed by atoms with Crippen molar-refractivity contribution in [2.24, 2.45) is 23.2 Å². The number of carbonyl (C=O) groups excluding carboxylic acids is 2. The molecule has 0 unspecified atom stereocenters. The van der Waals surface area contributed by atoms with Crippen molar-refractivity contribution in [3.8, 4) is 0 Å². The molecule has 0 aromatic heterocycles. The second kappa shape index (κ2) is 13.4. The number of Topliss-reactive ketones (excluding diaryl/α,β-unsaturated/α-hetero) is 1. The highest BCUT2D eigenvalue weighted by Gasteiger charge is 2.67. The number of hydrogen-bond acceptors (Lipinski definition) is 6. The highest BCUT2D eigenvalue weighted by Crippen LogP contribution is 2.58. The first-order valence-electron chi connectivity index (χ1n) is 15.6. The summed E-state index contributed by atoms with van der Waals surface area (Å²) in [6.07, 6.45) is 17.0. The fourth-order valence-electron chi connectivity index (χ4n) is 7.65. The van der Waals surface area contributed by atoms with Gasteiger partial charge in [-0.25, -0.2) is 0 Å². The molecule has 0 heterocycles. The summed E-state index contributed by atoms with van der Waals surface area (Å²) in [7, 11) is 0. The van der Waals surface area contributed by atoms with Crippen molar-refractivity contribution in [2.75, 3.05) is 6.61 Å². The van der Waals surface area contributed by atoms with E-state index in [0.29, 0.717) is 24.0 Å². The van der Waals surface area contributed by atoms with Crippen molar-refractivity contribution in [2.45, 2.75) is 142 Å². The first-order valence-corrected chi connectivity index (χ1v) is 15.6. The van der Waals surface area contributed by atoms with E-state index in [0.717, 1.165) is 19.3 Å². The first-order chi connectivity index (χ1) is 18.4. The fourth-order valence-corrected chi connectivity index (χ4v) is 7.65. The molecular formula is C33H54O6. The van der Waals surface area contributed by atoms with Gasteiger partial charge in [0.15, 0.2) is 5.78 Å². The van der Waals surface area contributed by atoms with Gasteiger partial charge in [0, 0.05) is 30.1 Å². The molecule has 1 fully saturated rings. The van der Waals surface area contributed by atoms with Gasteiger partial charge in [-0.15, -0.1) is 0 Å². The summed E-state index contributed by atoms with van der Waals surface area (Å²) in [6.45, 7) is 9.62. The summed E-state index contributed by atoms with van der Waals surface area (Å²) in [5, 5.41) is 34.1. The van der Waals surface area contributed by atoms with Crippen LogP contribution in [0.3, 0.4) is 0 Å². The van der Waals surface area contributed by atoms with Crippen molar-refractivity contribution in [3.05, 3.63) is 23.3 Å². The van der Waals surface area contributed by atoms with Crippen molar-refractivity contribution < 1.29 is 29.6 Å². The van der Waals surface area contributed by atoms with Gasteiger partial charge in [-0.3, -0.25) is 9.59 Å². The zero-order valence-corrected chi connectivity index (χ0v) is 25.1. The Hall–Kier alpha value is -1.50. The van der Waals surface area contributed by atoms with Crippen LogP contribution in [0.4, 0.5) is 0 Å². The normalized spacial score (nSPS) is 33.6. The third kappa shape index (κ3) is 6.87. The Morgan fingerprint density at radius 2 is 1.54 bits per heavy atom. The summed E-state index contributed by atoms with van der Waals surface area (Å²) in [6, 6.07) is 0. The SMILES string of the molecule is CCCCCCCCCCCCCC(=O)O[C@H]1[C@@H]2C=C(CO)C[C@]3(O)C(=O)C(C)=C[C@H]3[C@@]2(O)[C@H](C)CC1(C)C. The predicted molar refractivity (Wildman–Crippen MR) is 154 cm³/mol. The molecule has 0 aromatic rings. The monoisotopic (exact) mass is 546 g/mol. The summed E-state index contributed by atoms with van der Waals surface area (Å²) < 4.78 is 6.15. The number of fused-ring (bicyclic) bond motifs is 3. The van der Waals surface area contributed by atoms with Crippen LogP contribution in [0.5, 0.6) is 0 Å². The number of aliphatic hydroxyl groups is 3. The summed E-state index contributed by atoms with van der Waals surface area (Å²) in [5.41, 5.74) is -2.80. The molecule has 0 saturated heterocycles. The van der Waals surface area contributed by atoms with E-state index >= 15 is 0 Å². The molecular weight excluding hydrogens is 492 g/mol. The van der Waals surface area contributed by atoms with Crippen molar-refractivity contribution >= 4 is 11.8 Å². The molecule has 0 aliphatic heterocycles. The van der Waals surface area contributed by atoms with E-state index in [1.807, 2.05) is 20.8 Å². The molecule has 6 nitrogen and oxygen atoms in total. The first kappa shape index (κ1) is 32.0. The Labute approximate surface area is 236 Å². The molecule has 3 aliphatic rings. The minimum absolute atomic E-state index is 0.0355. The maximum absolute atomic E-state index is 13.1. The summed E-state index contributed by atoms with van der Waals surface area (Å²) >= 11 is 0. The van der Waals surface area contributed by atoms with Crippen LogP contribution in [-0.4, -0.2) is 51.0 Å². The van der Waals surface area contributed by atoms with Crippen LogP contribution in [-0.2, 0) is 14.3 Å². The molecule has 39 heavy (non-hydrogen) atoms. The average molecular weight is 547 g/mol. The number of esters is 1. The van der Waals surface area contributed by atoms with Gasteiger partial charge in [-0.05, 0) is 36.8 Å². The molecule has 0 amide bonds. The quantitative estimate of drug-likeness (QED) is 0.136. The van der Waals surface area contributed by atoms with Crippen molar-refractivity contribution in [1.29, 1.82) is 0 Å². The summed E-state index contributed by atoms with van der Waals surface area (Å²) in [4.78, 5) is 26.1. The topological polar surface area (TPSA) is 104 Å². The zero-order chi connectivity index (χ0) is 28.8. The second-order valence-electron chi connectivity index (χ2n) is 13.4. The Morgan fingerprint density at radius 1 is 0.974 bits per heavy atom. The number of carbonyl (C=O) groups is 2. The lowest BCUT2D eigenvalue weighted by molar-refractivity contribution is -0.218. The minimum atomic E-state index is -1.80. The molecule has 0 aromatic carbocycles. The van der Waals surface area contributed by atoms with Gasteiger partial charge in [-0.2, -0.15) is 0 Å². The highest BCUT2D eigenvalue weighted by atomic mass is 16.5. The standard InChI is InChI=1S/C33H54O6/c1-6-7-8-9-10-11-12-13-14-15-16-17-28(35)39-30-26-19-25(22-34)21-32(37)27(18-23(2)29(32)36)33(26,38)24(3)20-31(30,4)5/h18-19,24,26-27,30,34,37-38H,6-17,20-22H2,1-5H3/t24-,26+,27-,30+,32-,33-/m1/s1. The van der Waals surface area contributed by atoms with E-state index in [4.69, 9.17) is 4.74 Å². The van der Waals surface area contributed by atoms with Gasteiger partial charge in [0.2, 0.25) is 0 Å². The van der Waals surface area contributed by atoms with Crippen LogP contribution >= 0.6 is 0 Å². The molecule has 3 rings (SSSR count). The maximum atomic E-state index is 13.1. The Bertz CT molecular complexity index is 919. The van der Waals surface area contributed by atoms with E-state index in [9.17, 15) is 24.9 Å². The minimum Gasteiger partial charge on any atom is -0.461 e. The Balaban J connectivity index is 1.63. The van der Waals surface area contributed by atoms with Crippen LogP contribution in [0.1, 0.15) is 125 Å². The van der Waals surface area contributed by atoms with E-state index in [2.05, 4.69) is 6.92 Å². The van der Waals surface area contributed by atoms with Crippen molar-refractivity contribution in [1.82, 2.24) is 0 Å². The van der Waals surface area contributed by atoms with Gasteiger partial charge in [-0.1, -0.05) is 104 Å². The zero-order valence-electron chi connectivity index (χ0n) is 25.1. The van der Waals surface area contributed by atoms with Gasteiger partial charge >= 0.3 is 5.97 Å². The number of hydrogen-bond donors (Lipinski definition) is 3. The number of ketones is 1. The Kier molecular flexibility index (Phi) is 11.0. The number of aliphatic hydroxyl groups excluding tert-OH is 1. The molecule has 3 aliphatic carbocycles. The molecule has 1 saturated carbocycles. The van der Waals surface area contributed by atoms with Gasteiger partial charge in [0.05, 0.1) is 12.2 Å². The van der Waals surface area contributed by atoms with Crippen LogP contribution in [0.15, 0.2) is 23.3 Å². The molecule has 0 radical (unpaired) electrons. The smallest absolute Gasteiger partial charge is 0.306 e. The lowest BCUT2D eigenvalue weighted by atomic mass is 9.53. The largest absolute Gasteiger partial charge is 0.461 e. The molecule has 222 valence electrons. The number of unbranched alkanes of at least 4 members (excludes halogenated alkanes) is 10. The number of rotatable bonds is 14. The van der Waals surface area contributed by atoms with E-state index in [-0.39, 0.29) is 24.9 Å². The van der Waals surface area contributed by atoms with Crippen LogP contribution in [0.2, 0.25) is 0 Å². The van der Waals surface area contributed by atoms with Crippen LogP contribution in [0, 0.1) is 23.2 Å². The molecule has 0 bridgehead atoms. The molecule has 0 spiro atoms. The van der Waals surface area contributed by atoms with E-state index in [1.54, 1.807) is 19.1 Å². The summed E-state index contributed by atoms with van der Waals surface area (Å²) in [5.74, 6) is -2.41. The lowest BCUT2D eigenvalue weighted by Crippen LogP contribution is -2.65. The van der Waals surface area contributed by atoms with E-state index in [1.165, 1.54) is 51.4 Å². The third-order valence-corrected chi connectivity index (χ3v) is 9.79. The lowest BCUT2D eigenvalue weighted by Gasteiger charge is -2.56. The van der Waals surface area contributed by atoms with Gasteiger partial charge < -0.3 is 20.1 Å². The second-order valence-corrected chi connectivity index (χ2v) is 13.4. The molecule has 6 atom stereocenters. The van der Waals surface area contributed by atoms with Gasteiger partial charge in [0.1, 0.15) is 11.7 Å². The number of ether oxygens (including phenoxy) is 1. The van der Waals surface area contributed by atoms with Crippen LogP contribution in [0.25, 0.3) is 0 Å². The molecule has 3 N–H and O–H groups in total. The predicted octanol–water partition coefficient (Wildman–Crippen LogP) is 6.21. The fraction of sp³-hybridized carbons (Fsp3) is 0.818. The Morgan fingerprint density at radius 3 is 2.10 bits per heavy atom. The van der Waals surface area contributed by atoms with Gasteiger partial charge in [0.25, 0.3) is 0 Å². The maximum Gasteiger partial charge on any atom is 0.306 e. The van der Waals surface area contributed by atoms with Crippen LogP contribution < -0.4 is 0 Å². The average Bonchev–Trinajstić information content (AvgIpc) is 3.04. The van der Waals surface area contributed by atoms with E-state index < -0.39 is 40.3 Å². The third-order valence-electron chi connectivity index (χ3n) is 9.79. The molecule has 6 heteroatoms. The van der Waals surface area contributed by atoms with Crippen molar-refractivity contribution in [3.63, 3.8) is 0 Å². The highest BCUT2D eigenvalue weighted by molar-refractivity contribution is 6.04.